The Morgan fingerprint density at radius 1 is 1.50 bits per heavy atom. The minimum Gasteiger partial charge on any atom is -0.389 e. The molecule has 0 aromatic carbocycles. The van der Waals surface area contributed by atoms with Crippen LogP contribution in [0.4, 0.5) is 0 Å². The maximum atomic E-state index is 9.83. The summed E-state index contributed by atoms with van der Waals surface area (Å²) in [6.07, 6.45) is 3.45. The van der Waals surface area contributed by atoms with Crippen molar-refractivity contribution in [3.63, 3.8) is 0 Å². The Morgan fingerprint density at radius 2 is 2.31 bits per heavy atom. The lowest BCUT2D eigenvalue weighted by Gasteiger charge is -2.36. The van der Waals surface area contributed by atoms with E-state index in [0.29, 0.717) is 19.3 Å². The molecular formula is C12H26N2O2. The maximum absolute atomic E-state index is 9.83. The van der Waals surface area contributed by atoms with Gasteiger partial charge in [0.05, 0.1) is 12.7 Å². The molecule has 96 valence electrons. The molecule has 16 heavy (non-hydrogen) atoms. The van der Waals surface area contributed by atoms with Gasteiger partial charge in [0.15, 0.2) is 0 Å². The third kappa shape index (κ3) is 4.78. The van der Waals surface area contributed by atoms with E-state index in [9.17, 15) is 5.11 Å². The van der Waals surface area contributed by atoms with Gasteiger partial charge in [-0.15, -0.1) is 0 Å². The molecule has 1 saturated heterocycles. The molecule has 1 rings (SSSR count). The molecular weight excluding hydrogens is 204 g/mol. The van der Waals surface area contributed by atoms with Gasteiger partial charge < -0.3 is 15.2 Å². The summed E-state index contributed by atoms with van der Waals surface area (Å²) in [6.45, 7) is 5.96. The molecule has 0 spiro atoms. The van der Waals surface area contributed by atoms with Crippen molar-refractivity contribution in [1.82, 2.24) is 10.2 Å². The summed E-state index contributed by atoms with van der Waals surface area (Å²) in [5.41, 5.74) is 0. The molecule has 0 aromatic rings. The predicted octanol–water partition coefficient (Wildman–Crippen LogP) is 0.458. The standard InChI is InChI=1S/C12H26N2O2/c1-3-16-10-12(15)9-14-7-5-4-6-11(14)8-13-2/h11-13,15H,3-10H2,1-2H3. The van der Waals surface area contributed by atoms with E-state index in [1.165, 1.54) is 19.3 Å². The third-order valence-corrected chi connectivity index (χ3v) is 3.15. The summed E-state index contributed by atoms with van der Waals surface area (Å²) in [5.74, 6) is 0. The zero-order valence-corrected chi connectivity index (χ0v) is 10.6. The number of ether oxygens (including phenoxy) is 1. The second-order valence-corrected chi connectivity index (χ2v) is 4.52. The van der Waals surface area contributed by atoms with Crippen LogP contribution in [0.15, 0.2) is 0 Å². The first-order valence-electron chi connectivity index (χ1n) is 6.42. The summed E-state index contributed by atoms with van der Waals surface area (Å²) in [5, 5.41) is 13.1. The number of hydrogen-bond acceptors (Lipinski definition) is 4. The van der Waals surface area contributed by atoms with E-state index in [1.54, 1.807) is 0 Å². The molecule has 0 amide bonds. The highest BCUT2D eigenvalue weighted by molar-refractivity contribution is 4.80. The highest BCUT2D eigenvalue weighted by Crippen LogP contribution is 2.16. The Balaban J connectivity index is 2.30. The van der Waals surface area contributed by atoms with E-state index in [2.05, 4.69) is 10.2 Å². The lowest BCUT2D eigenvalue weighted by atomic mass is 10.0. The highest BCUT2D eigenvalue weighted by Gasteiger charge is 2.23. The number of piperidine rings is 1. The maximum Gasteiger partial charge on any atom is 0.0900 e. The number of hydrogen-bond donors (Lipinski definition) is 2. The molecule has 0 saturated carbocycles. The Kier molecular flexibility index (Phi) is 6.96. The molecule has 2 N–H and O–H groups in total. The number of likely N-dealkylation sites (tertiary alicyclic amines) is 1. The molecule has 1 aliphatic heterocycles. The van der Waals surface area contributed by atoms with Crippen LogP contribution in [-0.4, -0.2) is 62.0 Å². The van der Waals surface area contributed by atoms with E-state index in [-0.39, 0.29) is 6.10 Å². The third-order valence-electron chi connectivity index (χ3n) is 3.15. The molecule has 2 unspecified atom stereocenters. The van der Waals surface area contributed by atoms with Gasteiger partial charge in [-0.05, 0) is 33.4 Å². The van der Waals surface area contributed by atoms with Crippen molar-refractivity contribution in [1.29, 1.82) is 0 Å². The number of nitrogens with one attached hydrogen (secondary N) is 1. The van der Waals surface area contributed by atoms with Gasteiger partial charge in [0.1, 0.15) is 0 Å². The fraction of sp³-hybridized carbons (Fsp3) is 1.00. The Morgan fingerprint density at radius 3 is 3.00 bits per heavy atom. The molecule has 0 radical (unpaired) electrons. The quantitative estimate of drug-likeness (QED) is 0.667. The normalized spacial score (nSPS) is 24.6. The monoisotopic (exact) mass is 230 g/mol. The summed E-state index contributed by atoms with van der Waals surface area (Å²) < 4.78 is 5.24. The number of aliphatic hydroxyl groups is 1. The van der Waals surface area contributed by atoms with Crippen LogP contribution in [0.2, 0.25) is 0 Å². The number of likely N-dealkylation sites (N-methyl/N-ethyl adjacent to an activating group) is 1. The summed E-state index contributed by atoms with van der Waals surface area (Å²) in [7, 11) is 1.99. The Hall–Kier alpha value is -0.160. The molecule has 4 nitrogen and oxygen atoms in total. The lowest BCUT2D eigenvalue weighted by molar-refractivity contribution is 0.00590. The van der Waals surface area contributed by atoms with Crippen molar-refractivity contribution in [3.05, 3.63) is 0 Å². The van der Waals surface area contributed by atoms with Crippen LogP contribution in [0.25, 0.3) is 0 Å². The molecule has 0 bridgehead atoms. The Labute approximate surface area is 99.0 Å². The highest BCUT2D eigenvalue weighted by atomic mass is 16.5. The fourth-order valence-electron chi connectivity index (χ4n) is 2.34. The summed E-state index contributed by atoms with van der Waals surface area (Å²) >= 11 is 0. The molecule has 0 aliphatic carbocycles. The first kappa shape index (κ1) is 13.9. The summed E-state index contributed by atoms with van der Waals surface area (Å²) in [4.78, 5) is 2.39. The predicted molar refractivity (Wildman–Crippen MR) is 65.6 cm³/mol. The largest absolute Gasteiger partial charge is 0.389 e. The molecule has 1 fully saturated rings. The zero-order chi connectivity index (χ0) is 11.8. The second-order valence-electron chi connectivity index (χ2n) is 4.52. The van der Waals surface area contributed by atoms with Crippen molar-refractivity contribution < 1.29 is 9.84 Å². The van der Waals surface area contributed by atoms with Gasteiger partial charge in [0.2, 0.25) is 0 Å². The molecule has 2 atom stereocenters. The zero-order valence-electron chi connectivity index (χ0n) is 10.6. The van der Waals surface area contributed by atoms with Crippen molar-refractivity contribution in [2.24, 2.45) is 0 Å². The van der Waals surface area contributed by atoms with Crippen LogP contribution in [0.3, 0.4) is 0 Å². The summed E-state index contributed by atoms with van der Waals surface area (Å²) in [6, 6.07) is 0.579. The molecule has 1 aliphatic rings. The lowest BCUT2D eigenvalue weighted by Crippen LogP contribution is -2.48. The number of aliphatic hydroxyl groups excluding tert-OH is 1. The van der Waals surface area contributed by atoms with E-state index in [4.69, 9.17) is 4.74 Å². The van der Waals surface area contributed by atoms with Gasteiger partial charge in [0.25, 0.3) is 0 Å². The van der Waals surface area contributed by atoms with Crippen LogP contribution in [0, 0.1) is 0 Å². The van der Waals surface area contributed by atoms with Gasteiger partial charge in [-0.2, -0.15) is 0 Å². The second kappa shape index (κ2) is 8.01. The van der Waals surface area contributed by atoms with Gasteiger partial charge in [-0.25, -0.2) is 0 Å². The SMILES string of the molecule is CCOCC(O)CN1CCCCC1CNC. The van der Waals surface area contributed by atoms with E-state index < -0.39 is 0 Å². The van der Waals surface area contributed by atoms with Crippen LogP contribution >= 0.6 is 0 Å². The molecule has 4 heteroatoms. The van der Waals surface area contributed by atoms with Crippen molar-refractivity contribution in [2.75, 3.05) is 39.9 Å². The van der Waals surface area contributed by atoms with E-state index in [1.807, 2.05) is 14.0 Å². The average molecular weight is 230 g/mol. The van der Waals surface area contributed by atoms with Crippen molar-refractivity contribution in [2.45, 2.75) is 38.3 Å². The number of nitrogens with zero attached hydrogens (tertiary/aromatic N) is 1. The minimum atomic E-state index is -0.350. The molecule has 0 aromatic heterocycles. The first-order chi connectivity index (χ1) is 7.77. The smallest absolute Gasteiger partial charge is 0.0900 e. The van der Waals surface area contributed by atoms with Crippen molar-refractivity contribution in [3.8, 4) is 0 Å². The number of β-amino-alcohol motifs (C(OH)–C–C–N with tert-alkyl or cyclic N) is 1. The van der Waals surface area contributed by atoms with Crippen LogP contribution < -0.4 is 5.32 Å². The van der Waals surface area contributed by atoms with Gasteiger partial charge >= 0.3 is 0 Å². The van der Waals surface area contributed by atoms with Gasteiger partial charge in [-0.3, -0.25) is 4.90 Å². The van der Waals surface area contributed by atoms with Crippen LogP contribution in [-0.2, 0) is 4.74 Å². The van der Waals surface area contributed by atoms with E-state index in [0.717, 1.165) is 19.6 Å². The fourth-order valence-corrected chi connectivity index (χ4v) is 2.34. The first-order valence-corrected chi connectivity index (χ1v) is 6.42. The van der Waals surface area contributed by atoms with Crippen molar-refractivity contribution >= 4 is 0 Å². The minimum absolute atomic E-state index is 0.350. The van der Waals surface area contributed by atoms with E-state index >= 15 is 0 Å². The Bertz CT molecular complexity index is 176. The average Bonchev–Trinajstić information content (AvgIpc) is 2.29. The van der Waals surface area contributed by atoms with Crippen LogP contribution in [0.1, 0.15) is 26.2 Å². The topological polar surface area (TPSA) is 44.7 Å². The van der Waals surface area contributed by atoms with Gasteiger partial charge in [0, 0.05) is 25.7 Å². The van der Waals surface area contributed by atoms with Crippen LogP contribution in [0.5, 0.6) is 0 Å². The molecule has 1 heterocycles. The van der Waals surface area contributed by atoms with Gasteiger partial charge in [-0.1, -0.05) is 6.42 Å². The number of rotatable bonds is 7.